The molecule has 0 unspecified atom stereocenters. The molecule has 0 atom stereocenters. The third kappa shape index (κ3) is 5.84. The normalized spacial score (nSPS) is 15.2. The van der Waals surface area contributed by atoms with E-state index in [1.165, 1.54) is 17.8 Å². The third-order valence-corrected chi connectivity index (χ3v) is 6.67. The van der Waals surface area contributed by atoms with Crippen LogP contribution in [0.3, 0.4) is 0 Å². The first kappa shape index (κ1) is 23.7. The van der Waals surface area contributed by atoms with Gasteiger partial charge in [-0.1, -0.05) is 55.7 Å². The number of aromatic carboxylic acids is 1. The number of anilines is 1. The molecule has 0 bridgehead atoms. The highest BCUT2D eigenvalue weighted by Gasteiger charge is 2.26. The molecule has 11 heteroatoms. The Bertz CT molecular complexity index is 997. The van der Waals surface area contributed by atoms with Gasteiger partial charge in [0.25, 0.3) is 5.91 Å². The van der Waals surface area contributed by atoms with Crippen LogP contribution in [0.25, 0.3) is 0 Å². The SMILES string of the molecule is Cc1[nH]c(C(=O)NC2CCN(c3cc(C(=O)O)nc(SC(C)(C)C)n3)CC2)c(Cl)c1Cl. The first-order chi connectivity index (χ1) is 14.4. The van der Waals surface area contributed by atoms with Gasteiger partial charge in [-0.05, 0) is 19.8 Å². The van der Waals surface area contributed by atoms with Gasteiger partial charge in [-0.15, -0.1) is 0 Å². The molecular formula is C20H25Cl2N5O3S. The van der Waals surface area contributed by atoms with Crippen molar-refractivity contribution in [3.63, 3.8) is 0 Å². The lowest BCUT2D eigenvalue weighted by molar-refractivity contribution is 0.0689. The number of carboxylic acid groups (broad SMARTS) is 1. The summed E-state index contributed by atoms with van der Waals surface area (Å²) in [4.78, 5) is 37.8. The number of carbonyl (C=O) groups is 2. The number of thioether (sulfide) groups is 1. The number of amides is 1. The first-order valence-corrected chi connectivity index (χ1v) is 11.4. The number of aromatic nitrogens is 3. The zero-order chi connectivity index (χ0) is 22.9. The minimum absolute atomic E-state index is 0.0270. The average Bonchev–Trinajstić information content (AvgIpc) is 2.94. The van der Waals surface area contributed by atoms with E-state index in [0.29, 0.717) is 47.6 Å². The summed E-state index contributed by atoms with van der Waals surface area (Å²) < 4.78 is -0.147. The summed E-state index contributed by atoms with van der Waals surface area (Å²) in [5, 5.41) is 13.4. The molecule has 0 spiro atoms. The number of carboxylic acids is 1. The van der Waals surface area contributed by atoms with Crippen LogP contribution in [-0.2, 0) is 0 Å². The molecule has 3 rings (SSSR count). The van der Waals surface area contributed by atoms with Crippen molar-refractivity contribution >= 4 is 52.7 Å². The van der Waals surface area contributed by atoms with Crippen LogP contribution in [0.2, 0.25) is 10.0 Å². The minimum Gasteiger partial charge on any atom is -0.477 e. The second-order valence-electron chi connectivity index (χ2n) is 8.40. The maximum Gasteiger partial charge on any atom is 0.354 e. The van der Waals surface area contributed by atoms with Gasteiger partial charge in [-0.3, -0.25) is 4.79 Å². The number of hydrogen-bond acceptors (Lipinski definition) is 6. The molecule has 31 heavy (non-hydrogen) atoms. The lowest BCUT2D eigenvalue weighted by atomic mass is 10.0. The van der Waals surface area contributed by atoms with E-state index in [4.69, 9.17) is 23.2 Å². The predicted octanol–water partition coefficient (Wildman–Crippen LogP) is 4.41. The van der Waals surface area contributed by atoms with Crippen LogP contribution in [0.4, 0.5) is 5.82 Å². The maximum absolute atomic E-state index is 12.6. The number of aryl methyl sites for hydroxylation is 1. The van der Waals surface area contributed by atoms with Crippen LogP contribution >= 0.6 is 35.0 Å². The average molecular weight is 486 g/mol. The Morgan fingerprint density at radius 3 is 2.39 bits per heavy atom. The number of H-pyrrole nitrogens is 1. The van der Waals surface area contributed by atoms with Crippen LogP contribution in [0, 0.1) is 6.92 Å². The van der Waals surface area contributed by atoms with E-state index in [2.05, 4.69) is 20.3 Å². The zero-order valence-corrected chi connectivity index (χ0v) is 20.1. The Balaban J connectivity index is 1.68. The van der Waals surface area contributed by atoms with Crippen LogP contribution in [0.5, 0.6) is 0 Å². The number of carbonyl (C=O) groups excluding carboxylic acids is 1. The molecular weight excluding hydrogens is 461 g/mol. The zero-order valence-electron chi connectivity index (χ0n) is 17.8. The number of nitrogens with zero attached hydrogens (tertiary/aromatic N) is 3. The van der Waals surface area contributed by atoms with Gasteiger partial charge in [-0.2, -0.15) is 0 Å². The Morgan fingerprint density at radius 1 is 1.23 bits per heavy atom. The molecule has 1 saturated heterocycles. The molecule has 2 aromatic rings. The summed E-state index contributed by atoms with van der Waals surface area (Å²) in [5.74, 6) is -0.797. The van der Waals surface area contributed by atoms with Crippen molar-refractivity contribution in [2.45, 2.75) is 56.5 Å². The lowest BCUT2D eigenvalue weighted by Crippen LogP contribution is -2.45. The summed E-state index contributed by atoms with van der Waals surface area (Å²) in [6.07, 6.45) is 1.37. The van der Waals surface area contributed by atoms with Crippen LogP contribution in [0.15, 0.2) is 11.2 Å². The lowest BCUT2D eigenvalue weighted by Gasteiger charge is -2.33. The number of nitrogens with one attached hydrogen (secondary N) is 2. The van der Waals surface area contributed by atoms with Gasteiger partial charge >= 0.3 is 5.97 Å². The van der Waals surface area contributed by atoms with Gasteiger partial charge in [0.2, 0.25) is 0 Å². The number of aromatic amines is 1. The molecule has 0 aliphatic carbocycles. The molecule has 1 aliphatic heterocycles. The van der Waals surface area contributed by atoms with Crippen molar-refractivity contribution in [2.24, 2.45) is 0 Å². The van der Waals surface area contributed by atoms with Crippen LogP contribution in [0.1, 0.15) is 60.3 Å². The van der Waals surface area contributed by atoms with Gasteiger partial charge < -0.3 is 20.3 Å². The second kappa shape index (κ2) is 9.26. The highest BCUT2D eigenvalue weighted by atomic mass is 35.5. The topological polar surface area (TPSA) is 111 Å². The second-order valence-corrected chi connectivity index (χ2v) is 11.0. The summed E-state index contributed by atoms with van der Waals surface area (Å²) in [5.41, 5.74) is 0.881. The summed E-state index contributed by atoms with van der Waals surface area (Å²) in [6, 6.07) is 1.46. The van der Waals surface area contributed by atoms with E-state index >= 15 is 0 Å². The van der Waals surface area contributed by atoms with Crippen molar-refractivity contribution in [1.82, 2.24) is 20.3 Å². The van der Waals surface area contributed by atoms with Crippen molar-refractivity contribution in [2.75, 3.05) is 18.0 Å². The Morgan fingerprint density at radius 2 is 1.87 bits per heavy atom. The Hall–Kier alpha value is -1.97. The van der Waals surface area contributed by atoms with Gasteiger partial charge in [0.05, 0.1) is 10.0 Å². The number of rotatable bonds is 5. The number of hydrogen-bond donors (Lipinski definition) is 3. The molecule has 0 aromatic carbocycles. The molecule has 8 nitrogen and oxygen atoms in total. The highest BCUT2D eigenvalue weighted by molar-refractivity contribution is 8.00. The van der Waals surface area contributed by atoms with Gasteiger partial charge in [0.15, 0.2) is 10.9 Å². The van der Waals surface area contributed by atoms with E-state index in [-0.39, 0.29) is 33.1 Å². The fraction of sp³-hybridized carbons (Fsp3) is 0.500. The fourth-order valence-electron chi connectivity index (χ4n) is 3.24. The molecule has 2 aromatic heterocycles. The van der Waals surface area contributed by atoms with Crippen LogP contribution < -0.4 is 10.2 Å². The van der Waals surface area contributed by atoms with Gasteiger partial charge in [0.1, 0.15) is 11.5 Å². The van der Waals surface area contributed by atoms with E-state index in [1.54, 1.807) is 6.92 Å². The van der Waals surface area contributed by atoms with Crippen molar-refractivity contribution in [1.29, 1.82) is 0 Å². The maximum atomic E-state index is 12.6. The first-order valence-electron chi connectivity index (χ1n) is 9.85. The van der Waals surface area contributed by atoms with Gasteiger partial charge in [-0.25, -0.2) is 14.8 Å². The molecule has 3 N–H and O–H groups in total. The molecule has 3 heterocycles. The standard InChI is InChI=1S/C20H25Cl2N5O3S/c1-10-14(21)15(22)16(23-10)17(28)24-11-5-7-27(8-6-11)13-9-12(18(29)30)25-19(26-13)31-20(2,3)4/h9,11,23H,5-8H2,1-4H3,(H,24,28)(H,29,30). The quantitative estimate of drug-likeness (QED) is 0.424. The van der Waals surface area contributed by atoms with Crippen LogP contribution in [-0.4, -0.2) is 55.8 Å². The number of halogens is 2. The molecule has 1 fully saturated rings. The molecule has 0 radical (unpaired) electrons. The van der Waals surface area contributed by atoms with Gasteiger partial charge in [0, 0.05) is 35.6 Å². The largest absolute Gasteiger partial charge is 0.477 e. The molecule has 1 aliphatic rings. The Kier molecular flexibility index (Phi) is 7.08. The van der Waals surface area contributed by atoms with E-state index in [0.717, 1.165) is 0 Å². The Labute approximate surface area is 195 Å². The fourth-order valence-corrected chi connectivity index (χ4v) is 4.49. The molecule has 168 valence electrons. The van der Waals surface area contributed by atoms with E-state index < -0.39 is 5.97 Å². The van der Waals surface area contributed by atoms with E-state index in [9.17, 15) is 14.7 Å². The molecule has 1 amide bonds. The number of piperidine rings is 1. The summed E-state index contributed by atoms with van der Waals surface area (Å²) in [7, 11) is 0. The van der Waals surface area contributed by atoms with E-state index in [1.807, 2.05) is 25.7 Å². The van der Waals surface area contributed by atoms with Crippen molar-refractivity contribution < 1.29 is 14.7 Å². The van der Waals surface area contributed by atoms with Crippen molar-refractivity contribution in [3.8, 4) is 0 Å². The van der Waals surface area contributed by atoms with Crippen molar-refractivity contribution in [3.05, 3.63) is 33.2 Å². The highest BCUT2D eigenvalue weighted by Crippen LogP contribution is 2.32. The predicted molar refractivity (Wildman–Crippen MR) is 123 cm³/mol. The summed E-state index contributed by atoms with van der Waals surface area (Å²) >= 11 is 13.6. The summed E-state index contributed by atoms with van der Waals surface area (Å²) in [6.45, 7) is 9.06. The smallest absolute Gasteiger partial charge is 0.354 e. The molecule has 0 saturated carbocycles. The monoisotopic (exact) mass is 485 g/mol. The minimum atomic E-state index is -1.08. The third-order valence-electron chi connectivity index (χ3n) is 4.74.